The molecule has 7 nitrogen and oxygen atoms in total. The number of amides is 1. The number of hydrogen-bond donors (Lipinski definition) is 1. The second-order valence-corrected chi connectivity index (χ2v) is 8.41. The van der Waals surface area contributed by atoms with Gasteiger partial charge < -0.3 is 10.2 Å². The lowest BCUT2D eigenvalue weighted by Gasteiger charge is -2.32. The van der Waals surface area contributed by atoms with Crippen molar-refractivity contribution >= 4 is 45.8 Å². The molecular formula is C21H24Cl2N6O. The molecule has 0 bridgehead atoms. The summed E-state index contributed by atoms with van der Waals surface area (Å²) in [5.74, 6) is -0.318. The first-order valence-corrected chi connectivity index (χ1v) is 10.7. The molecule has 0 spiro atoms. The Morgan fingerprint density at radius 3 is 2.50 bits per heavy atom. The monoisotopic (exact) mass is 446 g/mol. The van der Waals surface area contributed by atoms with Gasteiger partial charge in [-0.15, -0.1) is 0 Å². The number of nitrogens with zero attached hydrogens (tertiary/aromatic N) is 5. The van der Waals surface area contributed by atoms with Crippen LogP contribution < -0.4 is 5.32 Å². The second-order valence-electron chi connectivity index (χ2n) is 7.60. The van der Waals surface area contributed by atoms with E-state index in [1.807, 2.05) is 11.6 Å². The number of hydrogen-bond acceptors (Lipinski definition) is 5. The van der Waals surface area contributed by atoms with Crippen LogP contribution in [0.1, 0.15) is 16.1 Å². The van der Waals surface area contributed by atoms with Crippen LogP contribution in [0.15, 0.2) is 30.5 Å². The Hall–Kier alpha value is -2.19. The van der Waals surface area contributed by atoms with Gasteiger partial charge in [0.15, 0.2) is 5.65 Å². The number of nitrogens with one attached hydrogen (secondary N) is 1. The van der Waals surface area contributed by atoms with Gasteiger partial charge in [0.1, 0.15) is 0 Å². The highest BCUT2D eigenvalue weighted by atomic mass is 35.5. The van der Waals surface area contributed by atoms with Crippen molar-refractivity contribution < 1.29 is 4.79 Å². The lowest BCUT2D eigenvalue weighted by Crippen LogP contribution is -2.45. The molecule has 1 saturated heterocycles. The summed E-state index contributed by atoms with van der Waals surface area (Å²) < 4.78 is 1.88. The summed E-state index contributed by atoms with van der Waals surface area (Å²) in [6.45, 7) is 7.79. The van der Waals surface area contributed by atoms with Crippen molar-refractivity contribution in [3.05, 3.63) is 51.8 Å². The van der Waals surface area contributed by atoms with E-state index < -0.39 is 0 Å². The number of anilines is 1. The minimum atomic E-state index is -0.318. The van der Waals surface area contributed by atoms with E-state index in [4.69, 9.17) is 23.2 Å². The number of aromatic nitrogens is 3. The van der Waals surface area contributed by atoms with Crippen molar-refractivity contribution in [3.8, 4) is 0 Å². The highest BCUT2D eigenvalue weighted by Crippen LogP contribution is 2.29. The molecule has 4 rings (SSSR count). The number of halogens is 2. The third kappa shape index (κ3) is 4.44. The summed E-state index contributed by atoms with van der Waals surface area (Å²) in [5.41, 5.74) is 2.43. The third-order valence-electron chi connectivity index (χ3n) is 5.44. The van der Waals surface area contributed by atoms with Gasteiger partial charge in [-0.3, -0.25) is 9.69 Å². The Kier molecular flexibility index (Phi) is 6.24. The van der Waals surface area contributed by atoms with Gasteiger partial charge in [-0.2, -0.15) is 5.10 Å². The molecule has 1 amide bonds. The van der Waals surface area contributed by atoms with E-state index in [2.05, 4.69) is 32.2 Å². The highest BCUT2D eigenvalue weighted by molar-refractivity contribution is 6.39. The lowest BCUT2D eigenvalue weighted by molar-refractivity contribution is 0.102. The van der Waals surface area contributed by atoms with Crippen LogP contribution in [0.3, 0.4) is 0 Å². The fourth-order valence-electron chi connectivity index (χ4n) is 3.63. The number of pyridine rings is 1. The standard InChI is InChI=1S/C21H24Cl2N6O/c1-14-18-19(23)17(21(30)25-16-5-3-15(22)4-6-16)13-24-20(18)29(26-14)12-11-28-9-7-27(2)8-10-28/h3-6,13H,7-12H2,1-2H3,(H,25,30). The molecule has 1 aliphatic heterocycles. The lowest BCUT2D eigenvalue weighted by atomic mass is 10.2. The first-order valence-electron chi connectivity index (χ1n) is 9.92. The molecule has 0 aliphatic carbocycles. The maximum Gasteiger partial charge on any atom is 0.258 e. The van der Waals surface area contributed by atoms with Gasteiger partial charge in [0.05, 0.1) is 28.2 Å². The molecule has 0 unspecified atom stereocenters. The number of benzene rings is 1. The van der Waals surface area contributed by atoms with Crippen molar-refractivity contribution in [1.29, 1.82) is 0 Å². The molecule has 3 aromatic rings. The molecule has 1 aliphatic rings. The zero-order chi connectivity index (χ0) is 21.3. The van der Waals surface area contributed by atoms with E-state index in [0.717, 1.165) is 50.3 Å². The molecular weight excluding hydrogens is 423 g/mol. The number of piperazine rings is 1. The molecule has 1 N–H and O–H groups in total. The number of carbonyl (C=O) groups excluding carboxylic acids is 1. The van der Waals surface area contributed by atoms with Gasteiger partial charge in [0, 0.05) is 49.6 Å². The second kappa shape index (κ2) is 8.89. The molecule has 3 heterocycles. The van der Waals surface area contributed by atoms with Crippen LogP contribution in [0, 0.1) is 6.92 Å². The smallest absolute Gasteiger partial charge is 0.258 e. The maximum absolute atomic E-state index is 12.7. The van der Waals surface area contributed by atoms with Gasteiger partial charge in [0.25, 0.3) is 5.91 Å². The Balaban J connectivity index is 1.53. The largest absolute Gasteiger partial charge is 0.322 e. The molecule has 2 aromatic heterocycles. The van der Waals surface area contributed by atoms with Crippen LogP contribution in [0.5, 0.6) is 0 Å². The van der Waals surface area contributed by atoms with E-state index in [0.29, 0.717) is 26.9 Å². The van der Waals surface area contributed by atoms with Crippen molar-refractivity contribution in [1.82, 2.24) is 24.6 Å². The summed E-state index contributed by atoms with van der Waals surface area (Å²) >= 11 is 12.5. The quantitative estimate of drug-likeness (QED) is 0.648. The number of carbonyl (C=O) groups is 1. The fourth-order valence-corrected chi connectivity index (χ4v) is 4.11. The predicted octanol–water partition coefficient (Wildman–Crippen LogP) is 3.55. The summed E-state index contributed by atoms with van der Waals surface area (Å²) in [6, 6.07) is 6.91. The first-order chi connectivity index (χ1) is 14.4. The van der Waals surface area contributed by atoms with Gasteiger partial charge in [-0.25, -0.2) is 9.67 Å². The van der Waals surface area contributed by atoms with Crippen molar-refractivity contribution in [2.45, 2.75) is 13.5 Å². The number of likely N-dealkylation sites (N-methyl/N-ethyl adjacent to an activating group) is 1. The Morgan fingerprint density at radius 1 is 1.10 bits per heavy atom. The zero-order valence-corrected chi connectivity index (χ0v) is 18.5. The van der Waals surface area contributed by atoms with Crippen LogP contribution >= 0.6 is 23.2 Å². The minimum absolute atomic E-state index is 0.318. The fraction of sp³-hybridized carbons (Fsp3) is 0.381. The van der Waals surface area contributed by atoms with Crippen LogP contribution in [0.4, 0.5) is 5.69 Å². The average molecular weight is 447 g/mol. The Morgan fingerprint density at radius 2 is 1.80 bits per heavy atom. The van der Waals surface area contributed by atoms with Gasteiger partial charge >= 0.3 is 0 Å². The van der Waals surface area contributed by atoms with Crippen molar-refractivity contribution in [2.75, 3.05) is 45.1 Å². The SMILES string of the molecule is Cc1nn(CCN2CCN(C)CC2)c2ncc(C(=O)Nc3ccc(Cl)cc3)c(Cl)c12. The molecule has 0 atom stereocenters. The zero-order valence-electron chi connectivity index (χ0n) is 17.0. The number of rotatable bonds is 5. The number of fused-ring (bicyclic) bond motifs is 1. The van der Waals surface area contributed by atoms with Crippen LogP contribution in [0.25, 0.3) is 11.0 Å². The van der Waals surface area contributed by atoms with E-state index in [1.165, 1.54) is 6.20 Å². The molecule has 0 radical (unpaired) electrons. The minimum Gasteiger partial charge on any atom is -0.322 e. The first kappa shape index (κ1) is 21.1. The Labute approximate surface area is 185 Å². The maximum atomic E-state index is 12.7. The van der Waals surface area contributed by atoms with E-state index >= 15 is 0 Å². The van der Waals surface area contributed by atoms with Gasteiger partial charge in [-0.05, 0) is 38.2 Å². The number of aryl methyl sites for hydroxylation is 1. The summed E-state index contributed by atoms with van der Waals surface area (Å²) in [6.07, 6.45) is 1.52. The summed E-state index contributed by atoms with van der Waals surface area (Å²) in [4.78, 5) is 22.0. The molecule has 1 aromatic carbocycles. The molecule has 9 heteroatoms. The van der Waals surface area contributed by atoms with Gasteiger partial charge in [-0.1, -0.05) is 23.2 Å². The molecule has 30 heavy (non-hydrogen) atoms. The highest BCUT2D eigenvalue weighted by Gasteiger charge is 2.20. The van der Waals surface area contributed by atoms with E-state index in [-0.39, 0.29) is 5.91 Å². The summed E-state index contributed by atoms with van der Waals surface area (Å²) in [5, 5.41) is 9.16. The molecule has 158 valence electrons. The topological polar surface area (TPSA) is 66.3 Å². The van der Waals surface area contributed by atoms with Gasteiger partial charge in [0.2, 0.25) is 0 Å². The van der Waals surface area contributed by atoms with Crippen LogP contribution in [0.2, 0.25) is 10.0 Å². The predicted molar refractivity (Wildman–Crippen MR) is 121 cm³/mol. The van der Waals surface area contributed by atoms with Crippen molar-refractivity contribution in [2.24, 2.45) is 0 Å². The average Bonchev–Trinajstić information content (AvgIpc) is 3.06. The van der Waals surface area contributed by atoms with Crippen molar-refractivity contribution in [3.63, 3.8) is 0 Å². The molecule has 0 saturated carbocycles. The summed E-state index contributed by atoms with van der Waals surface area (Å²) in [7, 11) is 2.15. The normalized spacial score (nSPS) is 15.6. The van der Waals surface area contributed by atoms with Crippen LogP contribution in [-0.2, 0) is 6.54 Å². The molecule has 1 fully saturated rings. The van der Waals surface area contributed by atoms with E-state index in [9.17, 15) is 4.79 Å². The van der Waals surface area contributed by atoms with Crippen LogP contribution in [-0.4, -0.2) is 70.2 Å². The Bertz CT molecular complexity index is 1060. The third-order valence-corrected chi connectivity index (χ3v) is 6.09. The van der Waals surface area contributed by atoms with E-state index in [1.54, 1.807) is 24.3 Å².